The van der Waals surface area contributed by atoms with E-state index in [4.69, 9.17) is 0 Å². The molecular formula is C19H24N2O2. The van der Waals surface area contributed by atoms with E-state index in [2.05, 4.69) is 47.8 Å². The van der Waals surface area contributed by atoms with Gasteiger partial charge in [-0.2, -0.15) is 0 Å². The van der Waals surface area contributed by atoms with Gasteiger partial charge in [0, 0.05) is 20.1 Å². The Hall–Kier alpha value is -1.91. The highest BCUT2D eigenvalue weighted by atomic mass is 16.3. The van der Waals surface area contributed by atoms with Gasteiger partial charge in [0.25, 0.3) is 0 Å². The Morgan fingerprint density at radius 1 is 1.26 bits per heavy atom. The Kier molecular flexibility index (Phi) is 4.94. The number of nitrogens with zero attached hydrogens (tertiary/aromatic N) is 1. The number of carbonyl (C=O) groups excluding carboxylic acids is 1. The standard InChI is InChI=1S/C19H24N2O2/c1-21(19(23)18-12-16(22)13-20-18)11-5-9-15-8-4-7-14-6-2-3-10-17(14)15/h2-4,6-8,10,16,18,20,22H,5,9,11-13H2,1H3/t16?,18-/m0/s1. The number of aryl methyl sites for hydroxylation is 1. The summed E-state index contributed by atoms with van der Waals surface area (Å²) in [6.45, 7) is 1.25. The first-order valence-corrected chi connectivity index (χ1v) is 8.28. The van der Waals surface area contributed by atoms with Gasteiger partial charge in [-0.05, 0) is 35.6 Å². The van der Waals surface area contributed by atoms with Crippen LogP contribution in [0.25, 0.3) is 10.8 Å². The predicted octanol–water partition coefficient (Wildman–Crippen LogP) is 1.95. The number of benzene rings is 2. The van der Waals surface area contributed by atoms with E-state index < -0.39 is 6.10 Å². The number of nitrogens with one attached hydrogen (secondary N) is 1. The van der Waals surface area contributed by atoms with Crippen LogP contribution in [0.5, 0.6) is 0 Å². The molecule has 0 saturated carbocycles. The third-order valence-electron chi connectivity index (χ3n) is 4.60. The number of amides is 1. The van der Waals surface area contributed by atoms with Crippen molar-refractivity contribution in [2.45, 2.75) is 31.4 Å². The lowest BCUT2D eigenvalue weighted by molar-refractivity contribution is -0.131. The maximum absolute atomic E-state index is 12.3. The Balaban J connectivity index is 1.55. The first-order chi connectivity index (χ1) is 11.1. The molecule has 1 amide bonds. The minimum atomic E-state index is -0.395. The van der Waals surface area contributed by atoms with Crippen LogP contribution in [-0.2, 0) is 11.2 Å². The van der Waals surface area contributed by atoms with Crippen LogP contribution in [0.1, 0.15) is 18.4 Å². The van der Waals surface area contributed by atoms with Gasteiger partial charge in [-0.15, -0.1) is 0 Å². The van der Waals surface area contributed by atoms with Crippen molar-refractivity contribution in [3.63, 3.8) is 0 Å². The van der Waals surface area contributed by atoms with Crippen LogP contribution >= 0.6 is 0 Å². The SMILES string of the molecule is CN(CCCc1cccc2ccccc12)C(=O)[C@@H]1CC(O)CN1. The molecule has 1 fully saturated rings. The van der Waals surface area contributed by atoms with Gasteiger partial charge in [-0.3, -0.25) is 4.79 Å². The molecular weight excluding hydrogens is 288 g/mol. The van der Waals surface area contributed by atoms with E-state index in [0.717, 1.165) is 19.4 Å². The molecule has 4 nitrogen and oxygen atoms in total. The summed E-state index contributed by atoms with van der Waals surface area (Å²) in [5.41, 5.74) is 1.33. The first-order valence-electron chi connectivity index (χ1n) is 8.28. The van der Waals surface area contributed by atoms with Crippen LogP contribution in [0.3, 0.4) is 0 Å². The largest absolute Gasteiger partial charge is 0.392 e. The molecule has 1 unspecified atom stereocenters. The summed E-state index contributed by atoms with van der Waals surface area (Å²) < 4.78 is 0. The van der Waals surface area contributed by atoms with Gasteiger partial charge in [0.1, 0.15) is 0 Å². The van der Waals surface area contributed by atoms with E-state index in [-0.39, 0.29) is 11.9 Å². The molecule has 1 aliphatic rings. The Morgan fingerprint density at radius 3 is 2.83 bits per heavy atom. The number of hydrogen-bond donors (Lipinski definition) is 2. The van der Waals surface area contributed by atoms with Crippen molar-refractivity contribution >= 4 is 16.7 Å². The van der Waals surface area contributed by atoms with Crippen molar-refractivity contribution in [1.82, 2.24) is 10.2 Å². The Bertz CT molecular complexity index is 681. The monoisotopic (exact) mass is 312 g/mol. The van der Waals surface area contributed by atoms with E-state index >= 15 is 0 Å². The second-order valence-electron chi connectivity index (χ2n) is 6.35. The zero-order valence-electron chi connectivity index (χ0n) is 13.5. The molecule has 2 aromatic rings. The maximum atomic E-state index is 12.3. The fraction of sp³-hybridized carbons (Fsp3) is 0.421. The van der Waals surface area contributed by atoms with Crippen LogP contribution in [0.4, 0.5) is 0 Å². The number of carbonyl (C=O) groups is 1. The van der Waals surface area contributed by atoms with Crippen molar-refractivity contribution in [3.05, 3.63) is 48.0 Å². The topological polar surface area (TPSA) is 52.6 Å². The molecule has 4 heteroatoms. The summed E-state index contributed by atoms with van der Waals surface area (Å²) in [7, 11) is 1.85. The lowest BCUT2D eigenvalue weighted by Gasteiger charge is -2.21. The number of rotatable bonds is 5. The maximum Gasteiger partial charge on any atom is 0.239 e. The highest BCUT2D eigenvalue weighted by molar-refractivity contribution is 5.85. The summed E-state index contributed by atoms with van der Waals surface area (Å²) in [5, 5.41) is 15.2. The zero-order chi connectivity index (χ0) is 16.2. The minimum absolute atomic E-state index is 0.0828. The third kappa shape index (κ3) is 3.71. The van der Waals surface area contributed by atoms with E-state index in [0.29, 0.717) is 13.0 Å². The van der Waals surface area contributed by atoms with E-state index in [9.17, 15) is 9.90 Å². The fourth-order valence-electron chi connectivity index (χ4n) is 3.30. The van der Waals surface area contributed by atoms with Crippen molar-refractivity contribution < 1.29 is 9.90 Å². The lowest BCUT2D eigenvalue weighted by Crippen LogP contribution is -2.42. The second kappa shape index (κ2) is 7.11. The Labute approximate surface area is 137 Å². The summed E-state index contributed by atoms with van der Waals surface area (Å²) in [4.78, 5) is 14.1. The molecule has 2 N–H and O–H groups in total. The van der Waals surface area contributed by atoms with E-state index in [1.54, 1.807) is 4.90 Å². The van der Waals surface area contributed by atoms with Gasteiger partial charge >= 0.3 is 0 Å². The molecule has 1 heterocycles. The van der Waals surface area contributed by atoms with Crippen LogP contribution in [0.15, 0.2) is 42.5 Å². The van der Waals surface area contributed by atoms with Crippen LogP contribution in [0.2, 0.25) is 0 Å². The number of aliphatic hydroxyl groups is 1. The molecule has 2 atom stereocenters. The fourth-order valence-corrected chi connectivity index (χ4v) is 3.30. The minimum Gasteiger partial charge on any atom is -0.392 e. The van der Waals surface area contributed by atoms with Gasteiger partial charge in [0.05, 0.1) is 12.1 Å². The Morgan fingerprint density at radius 2 is 2.04 bits per heavy atom. The summed E-state index contributed by atoms with van der Waals surface area (Å²) in [6, 6.07) is 14.6. The van der Waals surface area contributed by atoms with E-state index in [1.807, 2.05) is 7.05 Å². The number of fused-ring (bicyclic) bond motifs is 1. The van der Waals surface area contributed by atoms with Crippen molar-refractivity contribution in [1.29, 1.82) is 0 Å². The van der Waals surface area contributed by atoms with Crippen molar-refractivity contribution in [3.8, 4) is 0 Å². The molecule has 0 radical (unpaired) electrons. The average Bonchev–Trinajstić information content (AvgIpc) is 3.00. The molecule has 3 rings (SSSR count). The number of hydrogen-bond acceptors (Lipinski definition) is 3. The molecule has 1 aliphatic heterocycles. The van der Waals surface area contributed by atoms with Crippen molar-refractivity contribution in [2.24, 2.45) is 0 Å². The molecule has 0 aromatic heterocycles. The molecule has 122 valence electrons. The smallest absolute Gasteiger partial charge is 0.239 e. The molecule has 0 aliphatic carbocycles. The van der Waals surface area contributed by atoms with Crippen molar-refractivity contribution in [2.75, 3.05) is 20.1 Å². The van der Waals surface area contributed by atoms with Crippen LogP contribution in [-0.4, -0.2) is 48.2 Å². The number of β-amino-alcohol motifs (C(OH)–C–C–N with tert-alkyl or cyclic N) is 1. The van der Waals surface area contributed by atoms with Gasteiger partial charge < -0.3 is 15.3 Å². The summed E-state index contributed by atoms with van der Waals surface area (Å²) in [5.74, 6) is 0.0828. The highest BCUT2D eigenvalue weighted by Gasteiger charge is 2.29. The summed E-state index contributed by atoms with van der Waals surface area (Å²) >= 11 is 0. The van der Waals surface area contributed by atoms with E-state index in [1.165, 1.54) is 16.3 Å². The normalized spacial score (nSPS) is 20.8. The molecule has 0 spiro atoms. The summed E-state index contributed by atoms with van der Waals surface area (Å²) in [6.07, 6.45) is 2.02. The molecule has 2 aromatic carbocycles. The molecule has 1 saturated heterocycles. The zero-order valence-corrected chi connectivity index (χ0v) is 13.5. The number of likely N-dealkylation sites (N-methyl/N-ethyl adjacent to an activating group) is 1. The van der Waals surface area contributed by atoms with Crippen LogP contribution in [0, 0.1) is 0 Å². The molecule has 0 bridgehead atoms. The average molecular weight is 312 g/mol. The first kappa shape index (κ1) is 16.0. The van der Waals surface area contributed by atoms with Crippen LogP contribution < -0.4 is 5.32 Å². The van der Waals surface area contributed by atoms with Gasteiger partial charge in [0.15, 0.2) is 0 Å². The lowest BCUT2D eigenvalue weighted by atomic mass is 10.0. The second-order valence-corrected chi connectivity index (χ2v) is 6.35. The molecule has 23 heavy (non-hydrogen) atoms. The number of aliphatic hydroxyl groups excluding tert-OH is 1. The quantitative estimate of drug-likeness (QED) is 0.887. The third-order valence-corrected chi connectivity index (χ3v) is 4.60. The van der Waals surface area contributed by atoms with Gasteiger partial charge in [-0.25, -0.2) is 0 Å². The van der Waals surface area contributed by atoms with Gasteiger partial charge in [0.2, 0.25) is 5.91 Å². The predicted molar refractivity (Wildman–Crippen MR) is 92.3 cm³/mol. The highest BCUT2D eigenvalue weighted by Crippen LogP contribution is 2.20. The van der Waals surface area contributed by atoms with Gasteiger partial charge in [-0.1, -0.05) is 42.5 Å².